The second-order valence-corrected chi connectivity index (χ2v) is 9.78. The van der Waals surface area contributed by atoms with Crippen LogP contribution < -0.4 is 15.4 Å². The molecule has 0 aliphatic carbocycles. The topological polar surface area (TPSA) is 125 Å². The molecule has 1 aliphatic rings. The van der Waals surface area contributed by atoms with E-state index >= 15 is 0 Å². The summed E-state index contributed by atoms with van der Waals surface area (Å²) in [6.07, 6.45) is 0. The fourth-order valence-electron chi connectivity index (χ4n) is 3.74. The molecule has 0 aromatic heterocycles. The van der Waals surface area contributed by atoms with Gasteiger partial charge in [-0.25, -0.2) is 13.2 Å². The van der Waals surface area contributed by atoms with Crippen LogP contribution in [0.1, 0.15) is 26.3 Å². The summed E-state index contributed by atoms with van der Waals surface area (Å²) in [5, 5.41) is 5.23. The molecule has 2 aromatic carbocycles. The molecule has 34 heavy (non-hydrogen) atoms. The van der Waals surface area contributed by atoms with Crippen LogP contribution in [0.15, 0.2) is 53.4 Å². The number of sulfonamides is 1. The number of hydrogen-bond donors (Lipinski definition) is 2. The largest absolute Gasteiger partial charge is 0.497 e. The van der Waals surface area contributed by atoms with Crippen LogP contribution in [0.3, 0.4) is 0 Å². The van der Waals surface area contributed by atoms with E-state index in [4.69, 9.17) is 4.74 Å². The Labute approximate surface area is 198 Å². The molecule has 0 unspecified atom stereocenters. The summed E-state index contributed by atoms with van der Waals surface area (Å²) >= 11 is 0. The summed E-state index contributed by atoms with van der Waals surface area (Å²) in [4.78, 5) is 39.1. The second-order valence-electron chi connectivity index (χ2n) is 7.84. The normalized spacial score (nSPS) is 18.2. The van der Waals surface area contributed by atoms with Crippen LogP contribution >= 0.6 is 0 Å². The molecule has 0 bridgehead atoms. The molecule has 4 amide bonds. The summed E-state index contributed by atoms with van der Waals surface area (Å²) in [5.41, 5.74) is -0.476. The van der Waals surface area contributed by atoms with Gasteiger partial charge in [-0.15, -0.1) is 0 Å². The first-order valence-electron chi connectivity index (χ1n) is 10.8. The third-order valence-electron chi connectivity index (χ3n) is 5.71. The lowest BCUT2D eigenvalue weighted by atomic mass is 9.92. The van der Waals surface area contributed by atoms with Crippen molar-refractivity contribution in [3.63, 3.8) is 0 Å². The van der Waals surface area contributed by atoms with Crippen LogP contribution in [-0.4, -0.2) is 62.2 Å². The number of urea groups is 1. The van der Waals surface area contributed by atoms with E-state index in [-0.39, 0.29) is 4.90 Å². The number of nitrogens with one attached hydrogen (secondary N) is 2. The maximum absolute atomic E-state index is 13.1. The van der Waals surface area contributed by atoms with Crippen molar-refractivity contribution in [1.82, 2.24) is 14.5 Å². The SMILES string of the molecule is CCN(CC)S(=O)(=O)c1ccc(NC(=O)CN2C(=O)N[C@@](C)(c3cccc(OC)c3)C2=O)cc1. The minimum Gasteiger partial charge on any atom is -0.497 e. The fraction of sp³-hybridized carbons (Fsp3) is 0.348. The smallest absolute Gasteiger partial charge is 0.325 e. The molecule has 0 saturated carbocycles. The van der Waals surface area contributed by atoms with Gasteiger partial charge in [0.2, 0.25) is 15.9 Å². The lowest BCUT2D eigenvalue weighted by Gasteiger charge is -2.22. The fourth-order valence-corrected chi connectivity index (χ4v) is 5.20. The van der Waals surface area contributed by atoms with Gasteiger partial charge in [0, 0.05) is 18.8 Å². The Hall–Kier alpha value is -3.44. The highest BCUT2D eigenvalue weighted by Crippen LogP contribution is 2.30. The first-order chi connectivity index (χ1) is 16.1. The van der Waals surface area contributed by atoms with Crippen molar-refractivity contribution in [2.45, 2.75) is 31.2 Å². The predicted octanol–water partition coefficient (Wildman–Crippen LogP) is 2.13. The molecule has 1 heterocycles. The molecular weight excluding hydrogens is 460 g/mol. The van der Waals surface area contributed by atoms with Gasteiger partial charge < -0.3 is 15.4 Å². The van der Waals surface area contributed by atoms with Crippen molar-refractivity contribution < 1.29 is 27.5 Å². The molecule has 2 aromatic rings. The minimum absolute atomic E-state index is 0.109. The van der Waals surface area contributed by atoms with Crippen LogP contribution in [0.4, 0.5) is 10.5 Å². The number of amides is 4. The second kappa shape index (κ2) is 9.82. The van der Waals surface area contributed by atoms with Crippen LogP contribution in [0, 0.1) is 0 Å². The van der Waals surface area contributed by atoms with Gasteiger partial charge in [-0.3, -0.25) is 14.5 Å². The molecule has 1 aliphatic heterocycles. The molecule has 2 N–H and O–H groups in total. The summed E-state index contributed by atoms with van der Waals surface area (Å²) in [5.74, 6) is -0.636. The average Bonchev–Trinajstić information content (AvgIpc) is 3.04. The standard InChI is InChI=1S/C23H28N4O6S/c1-5-26(6-2)34(31,32)19-12-10-17(11-13-19)24-20(28)15-27-21(29)23(3,25-22(27)30)16-8-7-9-18(14-16)33-4/h7-14H,5-6,15H2,1-4H3,(H,24,28)(H,25,30)/t23-/m0/s1. The van der Waals surface area contributed by atoms with Gasteiger partial charge in [-0.05, 0) is 48.9 Å². The first-order valence-corrected chi connectivity index (χ1v) is 12.2. The molecule has 3 rings (SSSR count). The van der Waals surface area contributed by atoms with Gasteiger partial charge in [0.15, 0.2) is 0 Å². The lowest BCUT2D eigenvalue weighted by molar-refractivity contribution is -0.133. The number of anilines is 1. The molecule has 10 nitrogen and oxygen atoms in total. The zero-order valence-corrected chi connectivity index (χ0v) is 20.3. The Morgan fingerprint density at radius 2 is 1.76 bits per heavy atom. The Bertz CT molecular complexity index is 1190. The highest BCUT2D eigenvalue weighted by molar-refractivity contribution is 7.89. The average molecular weight is 489 g/mol. The highest BCUT2D eigenvalue weighted by atomic mass is 32.2. The zero-order chi connectivity index (χ0) is 25.1. The van der Waals surface area contributed by atoms with Crippen molar-refractivity contribution in [2.75, 3.05) is 32.1 Å². The van der Waals surface area contributed by atoms with Crippen LogP contribution in [0.25, 0.3) is 0 Å². The van der Waals surface area contributed by atoms with Crippen molar-refractivity contribution in [1.29, 1.82) is 0 Å². The van der Waals surface area contributed by atoms with E-state index in [0.29, 0.717) is 30.1 Å². The molecule has 0 radical (unpaired) electrons. The van der Waals surface area contributed by atoms with E-state index in [9.17, 15) is 22.8 Å². The van der Waals surface area contributed by atoms with E-state index < -0.39 is 40.0 Å². The van der Waals surface area contributed by atoms with Crippen LogP contribution in [-0.2, 0) is 25.2 Å². The summed E-state index contributed by atoms with van der Waals surface area (Å²) in [7, 11) is -2.12. The number of carbonyl (C=O) groups excluding carboxylic acids is 3. The van der Waals surface area contributed by atoms with E-state index in [0.717, 1.165) is 4.90 Å². The van der Waals surface area contributed by atoms with Crippen molar-refractivity contribution in [3.05, 3.63) is 54.1 Å². The molecule has 0 spiro atoms. The van der Waals surface area contributed by atoms with Crippen molar-refractivity contribution in [3.8, 4) is 5.75 Å². The van der Waals surface area contributed by atoms with Crippen LogP contribution in [0.2, 0.25) is 0 Å². The number of ether oxygens (including phenoxy) is 1. The number of hydrogen-bond acceptors (Lipinski definition) is 6. The third-order valence-corrected chi connectivity index (χ3v) is 7.77. The molecule has 11 heteroatoms. The molecule has 182 valence electrons. The van der Waals surface area contributed by atoms with Gasteiger partial charge >= 0.3 is 6.03 Å². The zero-order valence-electron chi connectivity index (χ0n) is 19.5. The van der Waals surface area contributed by atoms with E-state index in [1.54, 1.807) is 45.0 Å². The quantitative estimate of drug-likeness (QED) is 0.521. The van der Waals surface area contributed by atoms with Crippen molar-refractivity contribution in [2.24, 2.45) is 0 Å². The summed E-state index contributed by atoms with van der Waals surface area (Å²) < 4.78 is 31.7. The number of rotatable bonds is 9. The molecule has 1 fully saturated rings. The predicted molar refractivity (Wildman–Crippen MR) is 126 cm³/mol. The van der Waals surface area contributed by atoms with E-state index in [1.165, 1.54) is 35.7 Å². The number of benzene rings is 2. The molecular formula is C23H28N4O6S. The maximum atomic E-state index is 13.1. The number of methoxy groups -OCH3 is 1. The Morgan fingerprint density at radius 1 is 1.12 bits per heavy atom. The molecule has 1 atom stereocenters. The summed E-state index contributed by atoms with van der Waals surface area (Å²) in [6.45, 7) is 5.27. The Morgan fingerprint density at radius 3 is 2.35 bits per heavy atom. The highest BCUT2D eigenvalue weighted by Gasteiger charge is 2.49. The van der Waals surface area contributed by atoms with E-state index in [1.807, 2.05) is 0 Å². The lowest BCUT2D eigenvalue weighted by Crippen LogP contribution is -2.42. The Balaban J connectivity index is 1.70. The summed E-state index contributed by atoms with van der Waals surface area (Å²) in [6, 6.07) is 11.8. The van der Waals surface area contributed by atoms with Gasteiger partial charge in [0.05, 0.1) is 12.0 Å². The van der Waals surface area contributed by atoms with Crippen molar-refractivity contribution >= 4 is 33.6 Å². The monoisotopic (exact) mass is 488 g/mol. The molecule has 1 saturated heterocycles. The van der Waals surface area contributed by atoms with Gasteiger partial charge in [-0.1, -0.05) is 26.0 Å². The van der Waals surface area contributed by atoms with E-state index in [2.05, 4.69) is 10.6 Å². The minimum atomic E-state index is -3.62. The first kappa shape index (κ1) is 25.2. The van der Waals surface area contributed by atoms with Gasteiger partial charge in [-0.2, -0.15) is 4.31 Å². The third kappa shape index (κ3) is 4.75. The maximum Gasteiger partial charge on any atom is 0.325 e. The van der Waals surface area contributed by atoms with Gasteiger partial charge in [0.1, 0.15) is 17.8 Å². The number of imide groups is 1. The number of nitrogens with zero attached hydrogens (tertiary/aromatic N) is 2. The Kier molecular flexibility index (Phi) is 7.27. The van der Waals surface area contributed by atoms with Crippen LogP contribution in [0.5, 0.6) is 5.75 Å². The van der Waals surface area contributed by atoms with Gasteiger partial charge in [0.25, 0.3) is 5.91 Å². The number of carbonyl (C=O) groups is 3.